The lowest BCUT2D eigenvalue weighted by Gasteiger charge is -2.31. The molecule has 2 unspecified atom stereocenters. The molecular formula is C23H24N4O7. The van der Waals surface area contributed by atoms with Gasteiger partial charge in [0.05, 0.1) is 11.4 Å². The molecule has 0 saturated heterocycles. The van der Waals surface area contributed by atoms with Crippen molar-refractivity contribution in [3.8, 4) is 0 Å². The Balaban J connectivity index is 1.81. The molecule has 0 aromatic heterocycles. The van der Waals surface area contributed by atoms with Gasteiger partial charge in [0.15, 0.2) is 0 Å². The minimum absolute atomic E-state index is 0.0470. The molecule has 34 heavy (non-hydrogen) atoms. The molecule has 1 aliphatic rings. The molecule has 4 amide bonds. The van der Waals surface area contributed by atoms with Gasteiger partial charge in [0.2, 0.25) is 11.8 Å². The van der Waals surface area contributed by atoms with Crippen molar-refractivity contribution < 1.29 is 34.2 Å². The summed E-state index contributed by atoms with van der Waals surface area (Å²) in [5, 5.41) is 25.8. The van der Waals surface area contributed by atoms with Crippen LogP contribution in [-0.2, 0) is 25.6 Å². The maximum absolute atomic E-state index is 13.1. The van der Waals surface area contributed by atoms with Crippen molar-refractivity contribution in [2.24, 2.45) is 0 Å². The van der Waals surface area contributed by atoms with Crippen molar-refractivity contribution in [3.63, 3.8) is 0 Å². The summed E-state index contributed by atoms with van der Waals surface area (Å²) >= 11 is 0. The van der Waals surface area contributed by atoms with Gasteiger partial charge in [-0.2, -0.15) is 0 Å². The highest BCUT2D eigenvalue weighted by Crippen LogP contribution is 2.28. The van der Waals surface area contributed by atoms with E-state index in [9.17, 15) is 29.1 Å². The Morgan fingerprint density at radius 1 is 0.941 bits per heavy atom. The fraction of sp³-hybridized carbons (Fsp3) is 0.261. The van der Waals surface area contributed by atoms with Crippen LogP contribution in [0.2, 0.25) is 0 Å². The number of benzene rings is 2. The van der Waals surface area contributed by atoms with E-state index in [2.05, 4.69) is 16.0 Å². The van der Waals surface area contributed by atoms with Gasteiger partial charge >= 0.3 is 18.0 Å². The van der Waals surface area contributed by atoms with Gasteiger partial charge in [-0.1, -0.05) is 42.5 Å². The highest BCUT2D eigenvalue weighted by atomic mass is 16.4. The lowest BCUT2D eigenvalue weighted by atomic mass is 10.0. The molecule has 5 N–H and O–H groups in total. The Bertz CT molecular complexity index is 1090. The van der Waals surface area contributed by atoms with Crippen LogP contribution in [0.5, 0.6) is 0 Å². The van der Waals surface area contributed by atoms with E-state index in [1.165, 1.54) is 4.90 Å². The zero-order valence-electron chi connectivity index (χ0n) is 18.1. The number of carboxylic acids is 2. The highest BCUT2D eigenvalue weighted by molar-refractivity contribution is 6.10. The van der Waals surface area contributed by atoms with Crippen LogP contribution in [0.1, 0.15) is 18.4 Å². The van der Waals surface area contributed by atoms with E-state index in [-0.39, 0.29) is 19.4 Å². The van der Waals surface area contributed by atoms with Crippen LogP contribution in [-0.4, -0.2) is 58.6 Å². The first-order valence-corrected chi connectivity index (χ1v) is 10.5. The third kappa shape index (κ3) is 6.31. The lowest BCUT2D eigenvalue weighted by Crippen LogP contribution is -2.56. The molecule has 1 heterocycles. The van der Waals surface area contributed by atoms with Gasteiger partial charge in [-0.05, 0) is 24.1 Å². The van der Waals surface area contributed by atoms with E-state index in [0.29, 0.717) is 16.9 Å². The normalized spacial score (nSPS) is 14.2. The number of rotatable bonds is 9. The number of fused-ring (bicyclic) bond motifs is 1. The fourth-order valence-corrected chi connectivity index (χ4v) is 3.50. The summed E-state index contributed by atoms with van der Waals surface area (Å²) in [5.74, 6) is -3.78. The van der Waals surface area contributed by atoms with Crippen molar-refractivity contribution in [2.45, 2.75) is 31.3 Å². The fourth-order valence-electron chi connectivity index (χ4n) is 3.50. The van der Waals surface area contributed by atoms with Crippen LogP contribution in [0.15, 0.2) is 54.6 Å². The maximum Gasteiger partial charge on any atom is 0.326 e. The summed E-state index contributed by atoms with van der Waals surface area (Å²) in [7, 11) is 0. The van der Waals surface area contributed by atoms with E-state index < -0.39 is 48.3 Å². The van der Waals surface area contributed by atoms with E-state index in [1.54, 1.807) is 54.6 Å². The van der Waals surface area contributed by atoms with Gasteiger partial charge < -0.3 is 26.2 Å². The van der Waals surface area contributed by atoms with Gasteiger partial charge in [-0.3, -0.25) is 19.3 Å². The van der Waals surface area contributed by atoms with Crippen LogP contribution < -0.4 is 20.9 Å². The van der Waals surface area contributed by atoms with Gasteiger partial charge in [0, 0.05) is 12.8 Å². The first kappa shape index (κ1) is 24.2. The van der Waals surface area contributed by atoms with Crippen LogP contribution in [0.25, 0.3) is 0 Å². The molecule has 11 nitrogen and oxygen atoms in total. The number of hydrogen-bond donors (Lipinski definition) is 5. The second-order valence-corrected chi connectivity index (χ2v) is 7.68. The maximum atomic E-state index is 13.1. The number of amides is 4. The molecular weight excluding hydrogens is 444 g/mol. The molecule has 0 radical (unpaired) electrons. The zero-order chi connectivity index (χ0) is 24.7. The number of carboxylic acid groups (broad SMARTS) is 2. The minimum atomic E-state index is -1.44. The molecule has 0 fully saturated rings. The number of aliphatic carboxylic acids is 2. The average Bonchev–Trinajstić information content (AvgIpc) is 2.80. The highest BCUT2D eigenvalue weighted by Gasteiger charge is 2.31. The van der Waals surface area contributed by atoms with Crippen LogP contribution in [0, 0.1) is 0 Å². The second kappa shape index (κ2) is 10.9. The number of hydrogen-bond acceptors (Lipinski definition) is 5. The summed E-state index contributed by atoms with van der Waals surface area (Å²) in [6, 6.07) is 12.1. The number of nitrogens with one attached hydrogen (secondary N) is 3. The molecule has 2 aromatic carbocycles. The molecule has 3 rings (SSSR count). The summed E-state index contributed by atoms with van der Waals surface area (Å²) in [6.45, 7) is -0.265. The largest absolute Gasteiger partial charge is 0.481 e. The summed E-state index contributed by atoms with van der Waals surface area (Å²) in [4.78, 5) is 61.7. The van der Waals surface area contributed by atoms with E-state index in [1.807, 2.05) is 0 Å². The number of anilines is 2. The summed E-state index contributed by atoms with van der Waals surface area (Å²) in [5.41, 5.74) is 1.60. The van der Waals surface area contributed by atoms with Gasteiger partial charge in [-0.15, -0.1) is 0 Å². The third-order valence-corrected chi connectivity index (χ3v) is 5.17. The molecule has 2 aromatic rings. The first-order valence-electron chi connectivity index (χ1n) is 10.5. The second-order valence-electron chi connectivity index (χ2n) is 7.68. The molecule has 0 saturated carbocycles. The quantitative estimate of drug-likeness (QED) is 0.369. The zero-order valence-corrected chi connectivity index (χ0v) is 18.1. The van der Waals surface area contributed by atoms with Gasteiger partial charge in [0.1, 0.15) is 18.6 Å². The Morgan fingerprint density at radius 2 is 1.62 bits per heavy atom. The van der Waals surface area contributed by atoms with E-state index in [0.717, 1.165) is 0 Å². The standard InChI is InChI=1S/C23H24N4O7/c28-19-13-27(18-9-5-4-8-15(18)24-19)23(34)26-17(12-14-6-2-1-3-7-14)21(31)25-16(22(32)33)10-11-20(29)30/h1-9,16-17H,10-13H2,(H,24,28)(H,25,31)(H,26,34)(H,29,30)(H,32,33). The van der Waals surface area contributed by atoms with Crippen molar-refractivity contribution in [2.75, 3.05) is 16.8 Å². The van der Waals surface area contributed by atoms with Crippen molar-refractivity contribution in [1.29, 1.82) is 0 Å². The Hall–Kier alpha value is -4.41. The molecule has 0 aliphatic carbocycles. The smallest absolute Gasteiger partial charge is 0.326 e. The van der Waals surface area contributed by atoms with E-state index >= 15 is 0 Å². The number of para-hydroxylation sites is 2. The SMILES string of the molecule is O=C(O)CCC(NC(=O)C(Cc1ccccc1)NC(=O)N1CC(=O)Nc2ccccc21)C(=O)O. The lowest BCUT2D eigenvalue weighted by molar-refractivity contribution is -0.143. The number of carbonyl (C=O) groups excluding carboxylic acids is 3. The van der Waals surface area contributed by atoms with E-state index in [4.69, 9.17) is 5.11 Å². The topological polar surface area (TPSA) is 165 Å². The number of nitrogens with zero attached hydrogens (tertiary/aromatic N) is 1. The molecule has 0 bridgehead atoms. The molecule has 0 spiro atoms. The number of urea groups is 1. The van der Waals surface area contributed by atoms with Crippen molar-refractivity contribution in [3.05, 3.63) is 60.2 Å². The van der Waals surface area contributed by atoms with Gasteiger partial charge in [0.25, 0.3) is 0 Å². The molecule has 11 heteroatoms. The van der Waals surface area contributed by atoms with Crippen LogP contribution >= 0.6 is 0 Å². The van der Waals surface area contributed by atoms with Crippen molar-refractivity contribution >= 4 is 41.2 Å². The minimum Gasteiger partial charge on any atom is -0.481 e. The average molecular weight is 468 g/mol. The Labute approximate surface area is 194 Å². The molecule has 1 aliphatic heterocycles. The predicted octanol–water partition coefficient (Wildman–Crippen LogP) is 1.20. The monoisotopic (exact) mass is 468 g/mol. The Morgan fingerprint density at radius 3 is 2.29 bits per heavy atom. The number of carbonyl (C=O) groups is 5. The summed E-state index contributed by atoms with van der Waals surface area (Å²) in [6.07, 6.45) is -0.722. The summed E-state index contributed by atoms with van der Waals surface area (Å²) < 4.78 is 0. The van der Waals surface area contributed by atoms with Crippen LogP contribution in [0.4, 0.5) is 16.2 Å². The van der Waals surface area contributed by atoms with Crippen molar-refractivity contribution in [1.82, 2.24) is 10.6 Å². The molecule has 2 atom stereocenters. The Kier molecular flexibility index (Phi) is 7.80. The molecule has 178 valence electrons. The predicted molar refractivity (Wildman–Crippen MR) is 121 cm³/mol. The van der Waals surface area contributed by atoms with Gasteiger partial charge in [-0.25, -0.2) is 9.59 Å². The first-order chi connectivity index (χ1) is 16.2. The third-order valence-electron chi connectivity index (χ3n) is 5.17. The van der Waals surface area contributed by atoms with Crippen LogP contribution in [0.3, 0.4) is 0 Å².